The summed E-state index contributed by atoms with van der Waals surface area (Å²) in [4.78, 5) is 0. The van der Waals surface area contributed by atoms with Crippen molar-refractivity contribution < 1.29 is 13.5 Å². The van der Waals surface area contributed by atoms with Gasteiger partial charge in [-0.3, -0.25) is 5.41 Å². The van der Waals surface area contributed by atoms with E-state index in [1.54, 1.807) is 12.1 Å². The lowest BCUT2D eigenvalue weighted by atomic mass is 10.0. The molecule has 0 aromatic heterocycles. The van der Waals surface area contributed by atoms with E-state index in [4.69, 9.17) is 15.9 Å². The van der Waals surface area contributed by atoms with Crippen LogP contribution in [0.4, 0.5) is 8.78 Å². The van der Waals surface area contributed by atoms with E-state index >= 15 is 0 Å². The number of rotatable bonds is 4. The standard InChI is InChI=1S/C16H16F2N2O/c1-9(2)11-5-3-4-6-14(11)21-15-12(17)7-10(16(19)20)8-13(15)18/h3-9H,1-2H3,(H3,19,20). The summed E-state index contributed by atoms with van der Waals surface area (Å²) in [5.41, 5.74) is 6.06. The van der Waals surface area contributed by atoms with Crippen LogP contribution in [0.3, 0.4) is 0 Å². The smallest absolute Gasteiger partial charge is 0.198 e. The first-order valence-corrected chi connectivity index (χ1v) is 6.50. The maximum Gasteiger partial charge on any atom is 0.198 e. The van der Waals surface area contributed by atoms with E-state index in [-0.39, 0.29) is 11.5 Å². The van der Waals surface area contributed by atoms with Crippen molar-refractivity contribution in [3.63, 3.8) is 0 Å². The van der Waals surface area contributed by atoms with Gasteiger partial charge in [0.25, 0.3) is 0 Å². The number of benzene rings is 2. The molecule has 0 unspecified atom stereocenters. The van der Waals surface area contributed by atoms with Crippen molar-refractivity contribution in [2.45, 2.75) is 19.8 Å². The van der Waals surface area contributed by atoms with Gasteiger partial charge in [-0.05, 0) is 29.7 Å². The van der Waals surface area contributed by atoms with E-state index in [1.807, 2.05) is 26.0 Å². The van der Waals surface area contributed by atoms with Gasteiger partial charge in [0, 0.05) is 5.56 Å². The fourth-order valence-corrected chi connectivity index (χ4v) is 1.97. The molecule has 21 heavy (non-hydrogen) atoms. The van der Waals surface area contributed by atoms with Crippen molar-refractivity contribution in [2.24, 2.45) is 5.73 Å². The van der Waals surface area contributed by atoms with Crippen LogP contribution in [0, 0.1) is 17.0 Å². The first kappa shape index (κ1) is 15.0. The number of nitrogen functional groups attached to an aromatic ring is 1. The Morgan fingerprint density at radius 2 is 1.71 bits per heavy atom. The number of nitrogens with two attached hydrogens (primary N) is 1. The van der Waals surface area contributed by atoms with E-state index in [9.17, 15) is 8.78 Å². The van der Waals surface area contributed by atoms with Crippen molar-refractivity contribution in [3.05, 3.63) is 59.2 Å². The Morgan fingerprint density at radius 3 is 2.24 bits per heavy atom. The van der Waals surface area contributed by atoms with Crippen molar-refractivity contribution in [1.29, 1.82) is 5.41 Å². The van der Waals surface area contributed by atoms with E-state index in [0.29, 0.717) is 5.75 Å². The third-order valence-electron chi connectivity index (χ3n) is 3.06. The number of ether oxygens (including phenoxy) is 1. The molecule has 2 aromatic rings. The van der Waals surface area contributed by atoms with Crippen LogP contribution >= 0.6 is 0 Å². The van der Waals surface area contributed by atoms with E-state index in [0.717, 1.165) is 17.7 Å². The van der Waals surface area contributed by atoms with Gasteiger partial charge in [-0.1, -0.05) is 32.0 Å². The summed E-state index contributed by atoms with van der Waals surface area (Å²) in [6, 6.07) is 9.05. The molecule has 0 aliphatic rings. The lowest BCUT2D eigenvalue weighted by Gasteiger charge is -2.15. The summed E-state index contributed by atoms with van der Waals surface area (Å²) in [7, 11) is 0. The molecule has 0 amide bonds. The molecule has 110 valence electrons. The third-order valence-corrected chi connectivity index (χ3v) is 3.06. The molecule has 0 spiro atoms. The lowest BCUT2D eigenvalue weighted by molar-refractivity contribution is 0.402. The van der Waals surface area contributed by atoms with E-state index < -0.39 is 23.2 Å². The monoisotopic (exact) mass is 290 g/mol. The molecule has 3 nitrogen and oxygen atoms in total. The first-order chi connectivity index (χ1) is 9.90. The molecule has 0 heterocycles. The molecule has 0 atom stereocenters. The van der Waals surface area contributed by atoms with Crippen LogP contribution in [0.1, 0.15) is 30.9 Å². The fraction of sp³-hybridized carbons (Fsp3) is 0.188. The largest absolute Gasteiger partial charge is 0.451 e. The van der Waals surface area contributed by atoms with Gasteiger partial charge in [-0.25, -0.2) is 8.78 Å². The Labute approximate surface area is 121 Å². The Hall–Kier alpha value is -2.43. The molecular formula is C16H16F2N2O. The van der Waals surface area contributed by atoms with Gasteiger partial charge in [-0.2, -0.15) is 0 Å². The number of hydrogen-bond acceptors (Lipinski definition) is 2. The minimum atomic E-state index is -0.890. The topological polar surface area (TPSA) is 59.1 Å². The number of hydrogen-bond donors (Lipinski definition) is 2. The molecule has 0 aliphatic carbocycles. The molecule has 5 heteroatoms. The van der Waals surface area contributed by atoms with E-state index in [1.165, 1.54) is 0 Å². The predicted molar refractivity (Wildman–Crippen MR) is 78.0 cm³/mol. The molecule has 0 radical (unpaired) electrons. The SMILES string of the molecule is CC(C)c1ccccc1Oc1c(F)cc(C(=N)N)cc1F. The Kier molecular flexibility index (Phi) is 4.21. The van der Waals surface area contributed by atoms with Crippen LogP contribution in [-0.4, -0.2) is 5.84 Å². The van der Waals surface area contributed by atoms with Crippen LogP contribution < -0.4 is 10.5 Å². The van der Waals surface area contributed by atoms with Gasteiger partial charge < -0.3 is 10.5 Å². The molecule has 0 bridgehead atoms. The molecule has 2 rings (SSSR count). The van der Waals surface area contributed by atoms with Crippen LogP contribution in [0.5, 0.6) is 11.5 Å². The molecule has 3 N–H and O–H groups in total. The summed E-state index contributed by atoms with van der Waals surface area (Å²) in [5.74, 6) is -2.11. The fourth-order valence-electron chi connectivity index (χ4n) is 1.97. The molecule has 2 aromatic carbocycles. The Morgan fingerprint density at radius 1 is 1.14 bits per heavy atom. The second-order valence-corrected chi connectivity index (χ2v) is 4.98. The molecule has 0 saturated heterocycles. The van der Waals surface area contributed by atoms with E-state index in [2.05, 4.69) is 0 Å². The summed E-state index contributed by atoms with van der Waals surface area (Å²) < 4.78 is 33.4. The second-order valence-electron chi connectivity index (χ2n) is 4.98. The van der Waals surface area contributed by atoms with Crippen molar-refractivity contribution in [2.75, 3.05) is 0 Å². The highest BCUT2D eigenvalue weighted by molar-refractivity contribution is 5.95. The second kappa shape index (κ2) is 5.91. The van der Waals surface area contributed by atoms with Gasteiger partial charge >= 0.3 is 0 Å². The summed E-state index contributed by atoms with van der Waals surface area (Å²) in [5, 5.41) is 7.21. The van der Waals surface area contributed by atoms with Crippen LogP contribution in [0.15, 0.2) is 36.4 Å². The summed E-state index contributed by atoms with van der Waals surface area (Å²) >= 11 is 0. The average Bonchev–Trinajstić information content (AvgIpc) is 2.42. The average molecular weight is 290 g/mol. The minimum absolute atomic E-state index is 0.0190. The third kappa shape index (κ3) is 3.18. The van der Waals surface area contributed by atoms with Gasteiger partial charge in [0.05, 0.1) is 0 Å². The maximum atomic E-state index is 14.0. The van der Waals surface area contributed by atoms with Gasteiger partial charge in [-0.15, -0.1) is 0 Å². The maximum absolute atomic E-state index is 14.0. The zero-order valence-electron chi connectivity index (χ0n) is 11.8. The predicted octanol–water partition coefficient (Wildman–Crippen LogP) is 4.16. The quantitative estimate of drug-likeness (QED) is 0.656. The number of para-hydroxylation sites is 1. The van der Waals surface area contributed by atoms with Crippen LogP contribution in [-0.2, 0) is 0 Å². The first-order valence-electron chi connectivity index (χ1n) is 6.50. The van der Waals surface area contributed by atoms with Crippen LogP contribution in [0.2, 0.25) is 0 Å². The summed E-state index contributed by atoms with van der Waals surface area (Å²) in [6.07, 6.45) is 0. The number of halogens is 2. The highest BCUT2D eigenvalue weighted by Crippen LogP contribution is 2.33. The zero-order chi connectivity index (χ0) is 15.6. The van der Waals surface area contributed by atoms with Crippen molar-refractivity contribution >= 4 is 5.84 Å². The Bertz CT molecular complexity index is 661. The number of amidine groups is 1. The molecule has 0 saturated carbocycles. The van der Waals surface area contributed by atoms with Crippen molar-refractivity contribution in [1.82, 2.24) is 0 Å². The lowest BCUT2D eigenvalue weighted by Crippen LogP contribution is -2.12. The molecular weight excluding hydrogens is 274 g/mol. The molecule has 0 fully saturated rings. The highest BCUT2D eigenvalue weighted by Gasteiger charge is 2.17. The minimum Gasteiger partial charge on any atom is -0.451 e. The van der Waals surface area contributed by atoms with Crippen molar-refractivity contribution in [3.8, 4) is 11.5 Å². The van der Waals surface area contributed by atoms with Gasteiger partial charge in [0.2, 0.25) is 0 Å². The molecule has 0 aliphatic heterocycles. The van der Waals surface area contributed by atoms with Gasteiger partial charge in [0.15, 0.2) is 17.4 Å². The zero-order valence-corrected chi connectivity index (χ0v) is 11.8. The number of nitrogens with one attached hydrogen (secondary N) is 1. The van der Waals surface area contributed by atoms with Gasteiger partial charge in [0.1, 0.15) is 11.6 Å². The summed E-state index contributed by atoms with van der Waals surface area (Å²) in [6.45, 7) is 3.93. The normalized spacial score (nSPS) is 10.7. The Balaban J connectivity index is 2.43. The highest BCUT2D eigenvalue weighted by atomic mass is 19.1. The van der Waals surface area contributed by atoms with Crippen LogP contribution in [0.25, 0.3) is 0 Å².